The second kappa shape index (κ2) is 4.56. The largest absolute Gasteiger partial charge is 0.465 e. The van der Waals surface area contributed by atoms with Crippen molar-refractivity contribution in [3.05, 3.63) is 43.5 Å². The smallest absolute Gasteiger partial charge is 0.352 e. The van der Waals surface area contributed by atoms with Crippen LogP contribution in [-0.4, -0.2) is 22.9 Å². The van der Waals surface area contributed by atoms with Gasteiger partial charge in [-0.2, -0.15) is 0 Å². The number of hydrogen-bond donors (Lipinski definition) is 0. The molecule has 1 aromatic carbocycles. The maximum Gasteiger partial charge on any atom is 0.352 e. The first kappa shape index (κ1) is 12.6. The van der Waals surface area contributed by atoms with Crippen molar-refractivity contribution >= 4 is 17.3 Å². The molecule has 0 fully saturated rings. The minimum Gasteiger partial charge on any atom is -0.465 e. The molecule has 0 amide bonds. The van der Waals surface area contributed by atoms with Gasteiger partial charge in [-0.05, 0) is 12.5 Å². The van der Waals surface area contributed by atoms with E-state index in [1.807, 2.05) is 0 Å². The fourth-order valence-corrected chi connectivity index (χ4v) is 1.35. The molecular weight excluding hydrogens is 232 g/mol. The highest BCUT2D eigenvalue weighted by Crippen LogP contribution is 2.30. The van der Waals surface area contributed by atoms with Crippen LogP contribution in [0.3, 0.4) is 0 Å². The predicted octanol–water partition coefficient (Wildman–Crippen LogP) is 1.60. The second-order valence-electron chi connectivity index (χ2n) is 3.18. The van der Waals surface area contributed by atoms with Gasteiger partial charge >= 0.3 is 5.97 Å². The second-order valence-corrected chi connectivity index (χ2v) is 3.18. The number of nitro groups is 2. The summed E-state index contributed by atoms with van der Waals surface area (Å²) in [6, 6.07) is 2.17. The summed E-state index contributed by atoms with van der Waals surface area (Å²) >= 11 is 0. The zero-order valence-electron chi connectivity index (χ0n) is 9.00. The van der Waals surface area contributed by atoms with Crippen molar-refractivity contribution < 1.29 is 19.4 Å². The van der Waals surface area contributed by atoms with E-state index < -0.39 is 32.8 Å². The van der Waals surface area contributed by atoms with Gasteiger partial charge in [0.2, 0.25) is 5.56 Å². The fourth-order valence-electron chi connectivity index (χ4n) is 1.35. The van der Waals surface area contributed by atoms with Gasteiger partial charge in [0.15, 0.2) is 0 Å². The first-order chi connectivity index (χ1) is 7.88. The SMILES string of the molecule is COC(=O)c1c([N+](=O)[O-])cc(C)cc1[N+](=O)[O-]. The van der Waals surface area contributed by atoms with Crippen LogP contribution < -0.4 is 0 Å². The van der Waals surface area contributed by atoms with Crippen LogP contribution in [0.1, 0.15) is 15.9 Å². The average molecular weight is 240 g/mol. The molecule has 8 nitrogen and oxygen atoms in total. The number of methoxy groups -OCH3 is 1. The number of aryl methyl sites for hydroxylation is 1. The number of esters is 1. The number of carbonyl (C=O) groups excluding carboxylic acids is 1. The van der Waals surface area contributed by atoms with E-state index in [4.69, 9.17) is 0 Å². The lowest BCUT2D eigenvalue weighted by Crippen LogP contribution is -2.09. The zero-order chi connectivity index (χ0) is 13.2. The molecule has 0 spiro atoms. The number of benzene rings is 1. The van der Waals surface area contributed by atoms with E-state index in [0.717, 1.165) is 19.2 Å². The van der Waals surface area contributed by atoms with Crippen LogP contribution in [0.5, 0.6) is 0 Å². The quantitative estimate of drug-likeness (QED) is 0.450. The summed E-state index contributed by atoms with van der Waals surface area (Å²) < 4.78 is 4.31. The summed E-state index contributed by atoms with van der Waals surface area (Å²) in [5.74, 6) is -1.11. The van der Waals surface area contributed by atoms with Gasteiger partial charge in [-0.1, -0.05) is 0 Å². The molecule has 1 rings (SSSR count). The molecule has 0 heterocycles. The molecule has 17 heavy (non-hydrogen) atoms. The normalized spacial score (nSPS) is 9.76. The molecule has 0 aliphatic rings. The van der Waals surface area contributed by atoms with Crippen LogP contribution in [0.2, 0.25) is 0 Å². The molecule has 0 radical (unpaired) electrons. The van der Waals surface area contributed by atoms with Crippen LogP contribution in [0, 0.1) is 27.2 Å². The molecule has 0 atom stereocenters. The Labute approximate surface area is 95.1 Å². The molecule has 1 aromatic rings. The van der Waals surface area contributed by atoms with Crippen molar-refractivity contribution in [3.63, 3.8) is 0 Å². The molecule has 0 saturated carbocycles. The molecule has 8 heteroatoms. The number of hydrogen-bond acceptors (Lipinski definition) is 6. The Balaban J connectivity index is 3.64. The summed E-state index contributed by atoms with van der Waals surface area (Å²) in [4.78, 5) is 31.1. The van der Waals surface area contributed by atoms with Gasteiger partial charge in [0.25, 0.3) is 11.4 Å². The van der Waals surface area contributed by atoms with Crippen LogP contribution in [-0.2, 0) is 4.74 Å². The van der Waals surface area contributed by atoms with Gasteiger partial charge < -0.3 is 4.74 Å². The van der Waals surface area contributed by atoms with Gasteiger partial charge in [0.1, 0.15) is 0 Å². The Hall–Kier alpha value is -2.51. The third-order valence-corrected chi connectivity index (χ3v) is 2.02. The Kier molecular flexibility index (Phi) is 3.37. The molecule has 0 aromatic heterocycles. The Morgan fingerprint density at radius 3 is 1.88 bits per heavy atom. The Morgan fingerprint density at radius 1 is 1.18 bits per heavy atom. The lowest BCUT2D eigenvalue weighted by atomic mass is 10.1. The molecule has 0 aliphatic carbocycles. The average Bonchev–Trinajstić information content (AvgIpc) is 2.26. The lowest BCUT2D eigenvalue weighted by Gasteiger charge is -2.03. The zero-order valence-corrected chi connectivity index (χ0v) is 9.00. The maximum atomic E-state index is 11.3. The van der Waals surface area contributed by atoms with E-state index in [2.05, 4.69) is 4.74 Å². The third-order valence-electron chi connectivity index (χ3n) is 2.02. The Bertz CT molecular complexity index is 475. The highest BCUT2D eigenvalue weighted by atomic mass is 16.6. The molecule has 0 N–H and O–H groups in total. The van der Waals surface area contributed by atoms with E-state index in [-0.39, 0.29) is 0 Å². The summed E-state index contributed by atoms with van der Waals surface area (Å²) in [6.45, 7) is 1.46. The highest BCUT2D eigenvalue weighted by molar-refractivity contribution is 5.98. The van der Waals surface area contributed by atoms with Crippen LogP contribution in [0.25, 0.3) is 0 Å². The van der Waals surface area contributed by atoms with Gasteiger partial charge in [0, 0.05) is 12.1 Å². The maximum absolute atomic E-state index is 11.3. The van der Waals surface area contributed by atoms with Gasteiger partial charge in [-0.3, -0.25) is 20.2 Å². The van der Waals surface area contributed by atoms with Crippen molar-refractivity contribution in [2.45, 2.75) is 6.92 Å². The standard InChI is InChI=1S/C9H8N2O6/c1-5-3-6(10(13)14)8(9(12)17-2)7(4-5)11(15)16/h3-4H,1-2H3. The molecular formula is C9H8N2O6. The lowest BCUT2D eigenvalue weighted by molar-refractivity contribution is -0.394. The highest BCUT2D eigenvalue weighted by Gasteiger charge is 2.32. The van der Waals surface area contributed by atoms with Crippen molar-refractivity contribution in [1.82, 2.24) is 0 Å². The molecule has 90 valence electrons. The fraction of sp³-hybridized carbons (Fsp3) is 0.222. The summed E-state index contributed by atoms with van der Waals surface area (Å²) in [5, 5.41) is 21.5. The predicted molar refractivity (Wildman–Crippen MR) is 55.8 cm³/mol. The summed E-state index contributed by atoms with van der Waals surface area (Å²) in [6.07, 6.45) is 0. The van der Waals surface area contributed by atoms with Crippen LogP contribution in [0.15, 0.2) is 12.1 Å². The van der Waals surface area contributed by atoms with Gasteiger partial charge in [0.05, 0.1) is 17.0 Å². The van der Waals surface area contributed by atoms with E-state index >= 15 is 0 Å². The van der Waals surface area contributed by atoms with E-state index in [1.165, 1.54) is 6.92 Å². The third kappa shape index (κ3) is 2.36. The number of nitro benzene ring substituents is 2. The molecule has 0 bridgehead atoms. The number of ether oxygens (including phenoxy) is 1. The minimum atomic E-state index is -1.11. The van der Waals surface area contributed by atoms with Crippen molar-refractivity contribution in [2.75, 3.05) is 7.11 Å². The minimum absolute atomic E-state index is 0.316. The number of rotatable bonds is 3. The summed E-state index contributed by atoms with van der Waals surface area (Å²) in [5.41, 5.74) is -1.60. The van der Waals surface area contributed by atoms with Gasteiger partial charge in [-0.15, -0.1) is 0 Å². The molecule has 0 saturated heterocycles. The molecule has 0 unspecified atom stereocenters. The van der Waals surface area contributed by atoms with Crippen LogP contribution in [0.4, 0.5) is 11.4 Å². The van der Waals surface area contributed by atoms with Crippen molar-refractivity contribution in [2.24, 2.45) is 0 Å². The van der Waals surface area contributed by atoms with Crippen molar-refractivity contribution in [1.29, 1.82) is 0 Å². The van der Waals surface area contributed by atoms with Crippen LogP contribution >= 0.6 is 0 Å². The first-order valence-electron chi connectivity index (χ1n) is 4.40. The van der Waals surface area contributed by atoms with E-state index in [1.54, 1.807) is 0 Å². The van der Waals surface area contributed by atoms with E-state index in [9.17, 15) is 25.0 Å². The number of nitrogens with zero attached hydrogens (tertiary/aromatic N) is 2. The number of carbonyl (C=O) groups is 1. The van der Waals surface area contributed by atoms with E-state index in [0.29, 0.717) is 5.56 Å². The molecule has 0 aliphatic heterocycles. The monoisotopic (exact) mass is 240 g/mol. The van der Waals surface area contributed by atoms with Gasteiger partial charge in [-0.25, -0.2) is 4.79 Å². The topological polar surface area (TPSA) is 113 Å². The van der Waals surface area contributed by atoms with Crippen molar-refractivity contribution in [3.8, 4) is 0 Å². The summed E-state index contributed by atoms with van der Waals surface area (Å²) in [7, 11) is 0.996. The Morgan fingerprint density at radius 2 is 1.59 bits per heavy atom. The first-order valence-corrected chi connectivity index (χ1v) is 4.40.